The summed E-state index contributed by atoms with van der Waals surface area (Å²) < 4.78 is 24.1. The maximum Gasteiger partial charge on any atom is 0.338 e. The molecule has 0 saturated heterocycles. The van der Waals surface area contributed by atoms with Gasteiger partial charge in [0.05, 0.1) is 41.2 Å². The minimum Gasteiger partial charge on any atom is -0.493 e. The van der Waals surface area contributed by atoms with Crippen LogP contribution in [0.2, 0.25) is 0 Å². The zero-order valence-electron chi connectivity index (χ0n) is 22.6. The number of carbonyl (C=O) groups is 3. The van der Waals surface area contributed by atoms with E-state index in [1.807, 2.05) is 26.0 Å². The molecule has 0 unspecified atom stereocenters. The van der Waals surface area contributed by atoms with Crippen molar-refractivity contribution in [1.29, 1.82) is 0 Å². The van der Waals surface area contributed by atoms with Crippen LogP contribution in [0.5, 0.6) is 17.2 Å². The average molecular weight is 776 g/mol. The van der Waals surface area contributed by atoms with Crippen LogP contribution >= 0.6 is 45.2 Å². The Bertz CT molecular complexity index is 1340. The minimum atomic E-state index is -0.762. The number of methoxy groups -OCH3 is 1. The number of rotatable bonds is 11. The standard InChI is InChI=1S/C27H30I2N4O7/c1-6-38-26(35)23-15(4)31-27(36)32-24(23)16-7-8-20(21(10-16)37-5)39-13-22(34)33-30-12-17-9-18(28)11-19(29)25(17)40-14(2)3/h7-12,14,24H,6,13H2,1-5H3,(H,33,34)(H2,31,32,36)/b30-12+/t24-/m0/s1. The number of esters is 1. The van der Waals surface area contributed by atoms with Crippen molar-refractivity contribution in [2.24, 2.45) is 5.10 Å². The van der Waals surface area contributed by atoms with Gasteiger partial charge in [-0.3, -0.25) is 4.79 Å². The lowest BCUT2D eigenvalue weighted by Crippen LogP contribution is -2.45. The van der Waals surface area contributed by atoms with Crippen molar-refractivity contribution in [3.05, 3.63) is 59.9 Å². The number of halogens is 2. The molecular formula is C27H30I2N4O7. The summed E-state index contributed by atoms with van der Waals surface area (Å²) in [6.07, 6.45) is 1.51. The van der Waals surface area contributed by atoms with Gasteiger partial charge in [0, 0.05) is 14.8 Å². The quantitative estimate of drug-likeness (QED) is 0.133. The molecule has 1 aliphatic rings. The summed E-state index contributed by atoms with van der Waals surface area (Å²) in [4.78, 5) is 37.1. The van der Waals surface area contributed by atoms with Crippen molar-refractivity contribution >= 4 is 69.3 Å². The Kier molecular flexibility index (Phi) is 11.4. The lowest BCUT2D eigenvalue weighted by Gasteiger charge is -2.28. The van der Waals surface area contributed by atoms with Gasteiger partial charge in [0.15, 0.2) is 18.1 Å². The molecule has 2 aromatic rings. The molecule has 1 aliphatic heterocycles. The van der Waals surface area contributed by atoms with Crippen LogP contribution in [0.4, 0.5) is 4.79 Å². The molecule has 0 spiro atoms. The fraction of sp³-hybridized carbons (Fsp3) is 0.333. The van der Waals surface area contributed by atoms with Crippen LogP contribution in [0.15, 0.2) is 46.7 Å². The summed E-state index contributed by atoms with van der Waals surface area (Å²) >= 11 is 4.41. The Morgan fingerprint density at radius 2 is 1.93 bits per heavy atom. The zero-order valence-corrected chi connectivity index (χ0v) is 26.9. The first-order valence-corrected chi connectivity index (χ1v) is 14.4. The van der Waals surface area contributed by atoms with Crippen LogP contribution in [0.1, 0.15) is 44.9 Å². The Morgan fingerprint density at radius 3 is 2.60 bits per heavy atom. The molecule has 0 bridgehead atoms. The van der Waals surface area contributed by atoms with E-state index < -0.39 is 23.9 Å². The van der Waals surface area contributed by atoms with E-state index in [1.54, 1.807) is 32.0 Å². The van der Waals surface area contributed by atoms with E-state index in [0.29, 0.717) is 28.5 Å². The number of allylic oxidation sites excluding steroid dienone is 1. The third-order valence-electron chi connectivity index (χ3n) is 5.43. The summed E-state index contributed by atoms with van der Waals surface area (Å²) in [6, 6.07) is 7.59. The van der Waals surface area contributed by atoms with Crippen molar-refractivity contribution < 1.29 is 33.3 Å². The Balaban J connectivity index is 1.70. The number of hydrogen-bond donors (Lipinski definition) is 3. The van der Waals surface area contributed by atoms with Gasteiger partial charge in [0.1, 0.15) is 5.75 Å². The molecule has 13 heteroatoms. The predicted molar refractivity (Wildman–Crippen MR) is 166 cm³/mol. The molecule has 11 nitrogen and oxygen atoms in total. The summed E-state index contributed by atoms with van der Waals surface area (Å²) in [5.41, 5.74) is 4.43. The molecule has 3 rings (SSSR count). The molecule has 0 radical (unpaired) electrons. The highest BCUT2D eigenvalue weighted by molar-refractivity contribution is 14.1. The number of ether oxygens (including phenoxy) is 4. The number of hydrogen-bond acceptors (Lipinski definition) is 8. The van der Waals surface area contributed by atoms with E-state index in [-0.39, 0.29) is 24.9 Å². The van der Waals surface area contributed by atoms with Crippen LogP contribution in [-0.2, 0) is 14.3 Å². The van der Waals surface area contributed by atoms with Gasteiger partial charge in [-0.15, -0.1) is 0 Å². The number of amides is 3. The van der Waals surface area contributed by atoms with Crippen LogP contribution in [0.25, 0.3) is 0 Å². The van der Waals surface area contributed by atoms with E-state index in [0.717, 1.165) is 12.7 Å². The van der Waals surface area contributed by atoms with Gasteiger partial charge < -0.3 is 29.6 Å². The fourth-order valence-corrected chi connectivity index (χ4v) is 5.81. The lowest BCUT2D eigenvalue weighted by atomic mass is 9.95. The largest absolute Gasteiger partial charge is 0.493 e. The van der Waals surface area contributed by atoms with Crippen molar-refractivity contribution in [2.45, 2.75) is 39.8 Å². The summed E-state index contributed by atoms with van der Waals surface area (Å²) in [5.74, 6) is 0.269. The van der Waals surface area contributed by atoms with Crippen molar-refractivity contribution in [1.82, 2.24) is 16.1 Å². The first-order valence-electron chi connectivity index (χ1n) is 12.3. The van der Waals surface area contributed by atoms with Crippen LogP contribution < -0.4 is 30.3 Å². The maximum absolute atomic E-state index is 12.6. The molecule has 40 heavy (non-hydrogen) atoms. The van der Waals surface area contributed by atoms with Crippen LogP contribution in [0, 0.1) is 7.14 Å². The first-order chi connectivity index (χ1) is 19.0. The van der Waals surface area contributed by atoms with Crippen molar-refractivity contribution in [2.75, 3.05) is 20.3 Å². The van der Waals surface area contributed by atoms with Crippen molar-refractivity contribution in [3.63, 3.8) is 0 Å². The summed E-state index contributed by atoms with van der Waals surface area (Å²) in [7, 11) is 1.45. The maximum atomic E-state index is 12.6. The highest BCUT2D eigenvalue weighted by Gasteiger charge is 2.32. The molecule has 1 atom stereocenters. The summed E-state index contributed by atoms with van der Waals surface area (Å²) in [6.45, 7) is 7.07. The Labute approximate surface area is 259 Å². The molecule has 214 valence electrons. The highest BCUT2D eigenvalue weighted by atomic mass is 127. The van der Waals surface area contributed by atoms with Gasteiger partial charge in [-0.2, -0.15) is 5.10 Å². The Morgan fingerprint density at radius 1 is 1.18 bits per heavy atom. The third-order valence-corrected chi connectivity index (χ3v) is 6.85. The van der Waals surface area contributed by atoms with E-state index >= 15 is 0 Å². The molecule has 0 aromatic heterocycles. The van der Waals surface area contributed by atoms with Gasteiger partial charge >= 0.3 is 12.0 Å². The van der Waals surface area contributed by atoms with E-state index in [2.05, 4.69) is 66.3 Å². The van der Waals surface area contributed by atoms with Gasteiger partial charge in [-0.25, -0.2) is 15.0 Å². The highest BCUT2D eigenvalue weighted by Crippen LogP contribution is 2.34. The molecule has 3 amide bonds. The normalized spacial score (nSPS) is 15.0. The second-order valence-corrected chi connectivity index (χ2v) is 11.2. The molecule has 0 saturated carbocycles. The summed E-state index contributed by atoms with van der Waals surface area (Å²) in [5, 5.41) is 9.39. The van der Waals surface area contributed by atoms with Crippen molar-refractivity contribution in [3.8, 4) is 17.2 Å². The van der Waals surface area contributed by atoms with E-state index in [4.69, 9.17) is 18.9 Å². The number of urea groups is 1. The first kappa shape index (κ1) is 31.4. The monoisotopic (exact) mass is 776 g/mol. The zero-order chi connectivity index (χ0) is 29.4. The Hall–Kier alpha value is -3.08. The van der Waals surface area contributed by atoms with Gasteiger partial charge in [-0.05, 0) is 103 Å². The molecule has 3 N–H and O–H groups in total. The average Bonchev–Trinajstić information content (AvgIpc) is 2.88. The number of nitrogens with one attached hydrogen (secondary N) is 3. The number of nitrogens with zero attached hydrogens (tertiary/aromatic N) is 1. The smallest absolute Gasteiger partial charge is 0.338 e. The fourth-order valence-electron chi connectivity index (χ4n) is 3.79. The van der Waals surface area contributed by atoms with Crippen LogP contribution in [-0.4, -0.2) is 50.5 Å². The predicted octanol–water partition coefficient (Wildman–Crippen LogP) is 4.41. The second kappa shape index (κ2) is 14.5. The van der Waals surface area contributed by atoms with Gasteiger partial charge in [0.25, 0.3) is 5.91 Å². The molecular weight excluding hydrogens is 746 g/mol. The molecule has 0 aliphatic carbocycles. The second-order valence-electron chi connectivity index (χ2n) is 8.76. The van der Waals surface area contributed by atoms with Gasteiger partial charge in [-0.1, -0.05) is 6.07 Å². The van der Waals surface area contributed by atoms with E-state index in [1.165, 1.54) is 13.3 Å². The van der Waals surface area contributed by atoms with Crippen LogP contribution in [0.3, 0.4) is 0 Å². The molecule has 1 heterocycles. The van der Waals surface area contributed by atoms with Gasteiger partial charge in [0.2, 0.25) is 0 Å². The topological polar surface area (TPSA) is 137 Å². The number of benzene rings is 2. The number of hydrazone groups is 1. The third kappa shape index (κ3) is 8.22. The lowest BCUT2D eigenvalue weighted by molar-refractivity contribution is -0.139. The SMILES string of the molecule is CCOC(=O)C1=C(C)NC(=O)N[C@H]1c1ccc(OCC(=O)N/N=C/c2cc(I)cc(I)c2OC(C)C)c(OC)c1. The van der Waals surface area contributed by atoms with E-state index in [9.17, 15) is 14.4 Å². The number of carbonyl (C=O) groups excluding carboxylic acids is 3. The molecule has 0 fully saturated rings. The minimum absolute atomic E-state index is 0.0204. The molecule has 2 aromatic carbocycles.